The van der Waals surface area contributed by atoms with Crippen LogP contribution in [0.4, 0.5) is 0 Å². The number of carbonyl (C=O) groups is 1. The van der Waals surface area contributed by atoms with E-state index in [1.54, 1.807) is 43.8 Å². The number of aromatic nitrogens is 1. The molecule has 0 aliphatic carbocycles. The summed E-state index contributed by atoms with van der Waals surface area (Å²) in [5.41, 5.74) is 1.73. The van der Waals surface area contributed by atoms with Gasteiger partial charge in [-0.1, -0.05) is 30.3 Å². The van der Waals surface area contributed by atoms with Gasteiger partial charge < -0.3 is 14.8 Å². The third kappa shape index (κ3) is 4.61. The second-order valence-electron chi connectivity index (χ2n) is 5.67. The number of benzene rings is 2. The van der Waals surface area contributed by atoms with Crippen molar-refractivity contribution in [2.45, 2.75) is 13.0 Å². The van der Waals surface area contributed by atoms with E-state index < -0.39 is 0 Å². The van der Waals surface area contributed by atoms with Crippen LogP contribution in [0.25, 0.3) is 0 Å². The van der Waals surface area contributed by atoms with Gasteiger partial charge in [0.2, 0.25) is 0 Å². The van der Waals surface area contributed by atoms with Crippen LogP contribution in [0.15, 0.2) is 54.7 Å². The third-order valence-electron chi connectivity index (χ3n) is 3.84. The lowest BCUT2D eigenvalue weighted by Gasteiger charge is -2.08. The van der Waals surface area contributed by atoms with Gasteiger partial charge in [0.15, 0.2) is 0 Å². The summed E-state index contributed by atoms with van der Waals surface area (Å²) in [7, 11) is 3.11. The topological polar surface area (TPSA) is 60.5 Å². The molecular formula is C20H20N2O3S. The molecule has 6 heteroatoms. The summed E-state index contributed by atoms with van der Waals surface area (Å²) in [5.74, 6) is 0.963. The number of rotatable bonds is 7. The van der Waals surface area contributed by atoms with Crippen LogP contribution in [0, 0.1) is 0 Å². The minimum absolute atomic E-state index is 0.193. The number of methoxy groups -OCH3 is 2. The highest BCUT2D eigenvalue weighted by molar-refractivity contribution is 7.11. The molecule has 0 bridgehead atoms. The van der Waals surface area contributed by atoms with Crippen LogP contribution in [-0.4, -0.2) is 25.1 Å². The van der Waals surface area contributed by atoms with Crippen molar-refractivity contribution in [1.82, 2.24) is 10.3 Å². The lowest BCUT2D eigenvalue weighted by Crippen LogP contribution is -2.22. The largest absolute Gasteiger partial charge is 0.497 e. The van der Waals surface area contributed by atoms with Crippen molar-refractivity contribution in [1.29, 1.82) is 0 Å². The maximum Gasteiger partial charge on any atom is 0.251 e. The van der Waals surface area contributed by atoms with Crippen molar-refractivity contribution in [2.75, 3.05) is 14.2 Å². The number of nitrogens with zero attached hydrogens (tertiary/aromatic N) is 1. The van der Waals surface area contributed by atoms with Crippen LogP contribution in [0.5, 0.6) is 11.5 Å². The van der Waals surface area contributed by atoms with Gasteiger partial charge >= 0.3 is 0 Å². The lowest BCUT2D eigenvalue weighted by atomic mass is 10.1. The molecule has 0 atom stereocenters. The van der Waals surface area contributed by atoms with E-state index >= 15 is 0 Å². The summed E-state index contributed by atoms with van der Waals surface area (Å²) in [5, 5.41) is 3.77. The Balaban J connectivity index is 1.61. The first-order chi connectivity index (χ1) is 12.7. The van der Waals surface area contributed by atoms with E-state index in [4.69, 9.17) is 9.47 Å². The van der Waals surface area contributed by atoms with Crippen LogP contribution < -0.4 is 14.8 Å². The average Bonchev–Trinajstić information content (AvgIpc) is 3.13. The van der Waals surface area contributed by atoms with Crippen LogP contribution in [0.1, 0.15) is 25.8 Å². The molecule has 0 radical (unpaired) electrons. The molecule has 2 aromatic carbocycles. The van der Waals surface area contributed by atoms with Crippen molar-refractivity contribution < 1.29 is 14.3 Å². The second-order valence-corrected chi connectivity index (χ2v) is 6.87. The number of thiazole rings is 1. The summed E-state index contributed by atoms with van der Waals surface area (Å²) >= 11 is 1.60. The number of ether oxygens (including phenoxy) is 2. The Morgan fingerprint density at radius 3 is 2.42 bits per heavy atom. The highest BCUT2D eigenvalue weighted by Crippen LogP contribution is 2.23. The predicted octanol–water partition coefficient (Wildman–Crippen LogP) is 3.68. The second kappa shape index (κ2) is 8.49. The van der Waals surface area contributed by atoms with Crippen molar-refractivity contribution in [3.05, 3.63) is 75.7 Å². The van der Waals surface area contributed by atoms with Crippen LogP contribution in [0.3, 0.4) is 0 Å². The summed E-state index contributed by atoms with van der Waals surface area (Å²) in [6, 6.07) is 15.3. The van der Waals surface area contributed by atoms with E-state index in [1.165, 1.54) is 10.4 Å². The quantitative estimate of drug-likeness (QED) is 0.691. The first-order valence-electron chi connectivity index (χ1n) is 8.16. The Labute approximate surface area is 156 Å². The van der Waals surface area contributed by atoms with Crippen molar-refractivity contribution in [3.8, 4) is 11.5 Å². The average molecular weight is 368 g/mol. The van der Waals surface area contributed by atoms with Crippen molar-refractivity contribution in [2.24, 2.45) is 0 Å². The molecule has 0 fully saturated rings. The molecule has 3 rings (SSSR count). The molecule has 1 aromatic heterocycles. The van der Waals surface area contributed by atoms with Crippen LogP contribution in [0.2, 0.25) is 0 Å². The summed E-state index contributed by atoms with van der Waals surface area (Å²) in [4.78, 5) is 18.0. The van der Waals surface area contributed by atoms with Crippen LogP contribution in [-0.2, 0) is 13.0 Å². The van der Waals surface area contributed by atoms with E-state index in [1.807, 2.05) is 24.4 Å². The number of hydrogen-bond acceptors (Lipinski definition) is 5. The number of carbonyl (C=O) groups excluding carboxylic acids is 1. The van der Waals surface area contributed by atoms with Gasteiger partial charge in [0.05, 0.1) is 20.8 Å². The van der Waals surface area contributed by atoms with E-state index in [9.17, 15) is 4.79 Å². The normalized spacial score (nSPS) is 10.4. The Hall–Kier alpha value is -2.86. The van der Waals surface area contributed by atoms with Gasteiger partial charge in [-0.25, -0.2) is 4.98 Å². The Kier molecular flexibility index (Phi) is 5.86. The Morgan fingerprint density at radius 1 is 1.08 bits per heavy atom. The van der Waals surface area contributed by atoms with Crippen molar-refractivity contribution >= 4 is 17.2 Å². The SMILES string of the molecule is COc1cc(OC)cc(C(=O)NCc2ncc(Cc3ccccc3)s2)c1. The molecule has 0 aliphatic heterocycles. The van der Waals surface area contributed by atoms with Gasteiger partial charge in [0.1, 0.15) is 16.5 Å². The lowest BCUT2D eigenvalue weighted by molar-refractivity contribution is 0.0950. The number of hydrogen-bond donors (Lipinski definition) is 1. The molecular weight excluding hydrogens is 348 g/mol. The molecule has 1 heterocycles. The zero-order valence-corrected chi connectivity index (χ0v) is 15.5. The maximum atomic E-state index is 12.4. The fraction of sp³-hybridized carbons (Fsp3) is 0.200. The molecule has 5 nitrogen and oxygen atoms in total. The minimum atomic E-state index is -0.193. The highest BCUT2D eigenvalue weighted by Gasteiger charge is 2.11. The van der Waals surface area contributed by atoms with Gasteiger partial charge in [0.25, 0.3) is 5.91 Å². The maximum absolute atomic E-state index is 12.4. The first kappa shape index (κ1) is 17.9. The summed E-state index contributed by atoms with van der Waals surface area (Å²) < 4.78 is 10.4. The molecule has 0 saturated carbocycles. The molecule has 134 valence electrons. The minimum Gasteiger partial charge on any atom is -0.497 e. The fourth-order valence-electron chi connectivity index (χ4n) is 2.51. The zero-order chi connectivity index (χ0) is 18.4. The molecule has 0 saturated heterocycles. The Morgan fingerprint density at radius 2 is 1.77 bits per heavy atom. The van der Waals surface area contributed by atoms with E-state index in [0.717, 1.165) is 11.4 Å². The fourth-order valence-corrected chi connectivity index (χ4v) is 3.40. The molecule has 1 N–H and O–H groups in total. The monoisotopic (exact) mass is 368 g/mol. The summed E-state index contributed by atoms with van der Waals surface area (Å²) in [6.45, 7) is 0.387. The van der Waals surface area contributed by atoms with E-state index in [-0.39, 0.29) is 5.91 Å². The third-order valence-corrected chi connectivity index (χ3v) is 4.83. The molecule has 3 aromatic rings. The highest BCUT2D eigenvalue weighted by atomic mass is 32.1. The van der Waals surface area contributed by atoms with Gasteiger partial charge in [-0.15, -0.1) is 11.3 Å². The van der Waals surface area contributed by atoms with E-state index in [2.05, 4.69) is 22.4 Å². The van der Waals surface area contributed by atoms with Gasteiger partial charge in [0, 0.05) is 29.1 Å². The first-order valence-corrected chi connectivity index (χ1v) is 8.98. The molecule has 0 unspecified atom stereocenters. The van der Waals surface area contributed by atoms with Gasteiger partial charge in [-0.05, 0) is 17.7 Å². The smallest absolute Gasteiger partial charge is 0.251 e. The van der Waals surface area contributed by atoms with Gasteiger partial charge in [-0.2, -0.15) is 0 Å². The van der Waals surface area contributed by atoms with Crippen molar-refractivity contribution in [3.63, 3.8) is 0 Å². The molecule has 0 aliphatic rings. The predicted molar refractivity (Wildman–Crippen MR) is 102 cm³/mol. The zero-order valence-electron chi connectivity index (χ0n) is 14.7. The Bertz CT molecular complexity index is 856. The molecule has 26 heavy (non-hydrogen) atoms. The van der Waals surface area contributed by atoms with Crippen LogP contribution >= 0.6 is 11.3 Å². The van der Waals surface area contributed by atoms with E-state index in [0.29, 0.717) is 23.6 Å². The standard InChI is InChI=1S/C20H20N2O3S/c1-24-16-9-15(10-17(11-16)25-2)20(23)22-13-19-21-12-18(26-19)8-14-6-4-3-5-7-14/h3-7,9-12H,8,13H2,1-2H3,(H,22,23). The number of nitrogens with one attached hydrogen (secondary N) is 1. The van der Waals surface area contributed by atoms with Gasteiger partial charge in [-0.3, -0.25) is 4.79 Å². The number of amides is 1. The summed E-state index contributed by atoms with van der Waals surface area (Å²) in [6.07, 6.45) is 2.72. The molecule has 0 spiro atoms. The molecule has 1 amide bonds.